The highest BCUT2D eigenvalue weighted by atomic mass is 16.6. The number of hydrogen-bond acceptors (Lipinski definition) is 5. The summed E-state index contributed by atoms with van der Waals surface area (Å²) in [5.41, 5.74) is 2.07. The van der Waals surface area contributed by atoms with Gasteiger partial charge in [0, 0.05) is 17.5 Å². The molecule has 0 aliphatic rings. The zero-order valence-corrected chi connectivity index (χ0v) is 12.2. The van der Waals surface area contributed by atoms with E-state index in [9.17, 15) is 14.9 Å². The van der Waals surface area contributed by atoms with Crippen molar-refractivity contribution < 1.29 is 14.5 Å². The van der Waals surface area contributed by atoms with Crippen molar-refractivity contribution in [2.75, 3.05) is 7.11 Å². The number of ether oxygens (including phenoxy) is 1. The highest BCUT2D eigenvalue weighted by molar-refractivity contribution is 6.00. The number of aromatic nitrogens is 1. The first-order valence-corrected chi connectivity index (χ1v) is 6.83. The summed E-state index contributed by atoms with van der Waals surface area (Å²) < 4.78 is 4.72. The Balaban J connectivity index is 2.32. The smallest absolute Gasteiger partial charge is 0.356 e. The predicted molar refractivity (Wildman–Crippen MR) is 85.2 cm³/mol. The second-order valence-electron chi connectivity index (χ2n) is 4.87. The normalized spacial score (nSPS) is 10.5. The van der Waals surface area contributed by atoms with Crippen molar-refractivity contribution in [3.63, 3.8) is 0 Å². The van der Waals surface area contributed by atoms with Gasteiger partial charge in [0.25, 0.3) is 5.69 Å². The molecule has 1 heterocycles. The molecule has 0 aliphatic carbocycles. The molecule has 0 saturated carbocycles. The zero-order valence-electron chi connectivity index (χ0n) is 12.2. The minimum Gasteiger partial charge on any atom is -0.464 e. The van der Waals surface area contributed by atoms with Crippen molar-refractivity contribution >= 4 is 22.6 Å². The van der Waals surface area contributed by atoms with Gasteiger partial charge < -0.3 is 4.74 Å². The maximum atomic E-state index is 11.8. The van der Waals surface area contributed by atoms with Crippen LogP contribution in [0.5, 0.6) is 0 Å². The Labute approximate surface area is 131 Å². The van der Waals surface area contributed by atoms with Crippen molar-refractivity contribution in [3.8, 4) is 11.1 Å². The van der Waals surface area contributed by atoms with Gasteiger partial charge in [0.1, 0.15) is 5.69 Å². The molecule has 0 spiro atoms. The van der Waals surface area contributed by atoms with Gasteiger partial charge in [0.2, 0.25) is 0 Å². The fraction of sp³-hybridized carbons (Fsp3) is 0.0588. The quantitative estimate of drug-likeness (QED) is 0.419. The average Bonchev–Trinajstić information content (AvgIpc) is 2.60. The topological polar surface area (TPSA) is 82.3 Å². The molecule has 1 aromatic heterocycles. The Hall–Kier alpha value is -3.28. The van der Waals surface area contributed by atoms with Crippen molar-refractivity contribution in [1.29, 1.82) is 0 Å². The van der Waals surface area contributed by atoms with Crippen LogP contribution in [0.3, 0.4) is 0 Å². The van der Waals surface area contributed by atoms with Gasteiger partial charge in [-0.3, -0.25) is 10.1 Å². The molecule has 0 N–H and O–H groups in total. The van der Waals surface area contributed by atoms with Crippen LogP contribution < -0.4 is 0 Å². The van der Waals surface area contributed by atoms with E-state index in [1.54, 1.807) is 12.1 Å². The highest BCUT2D eigenvalue weighted by Gasteiger charge is 2.16. The lowest BCUT2D eigenvalue weighted by atomic mass is 10.00. The lowest BCUT2D eigenvalue weighted by Gasteiger charge is -2.09. The number of benzene rings is 2. The van der Waals surface area contributed by atoms with Gasteiger partial charge in [-0.2, -0.15) is 0 Å². The predicted octanol–water partition coefficient (Wildman–Crippen LogP) is 3.60. The van der Waals surface area contributed by atoms with Crippen molar-refractivity contribution in [2.24, 2.45) is 0 Å². The Morgan fingerprint density at radius 1 is 1.13 bits per heavy atom. The van der Waals surface area contributed by atoms with Crippen molar-refractivity contribution in [2.45, 2.75) is 0 Å². The summed E-state index contributed by atoms with van der Waals surface area (Å²) in [6.07, 6.45) is 0. The molecule has 0 saturated heterocycles. The molecule has 0 bridgehead atoms. The number of esters is 1. The number of fused-ring (bicyclic) bond motifs is 1. The van der Waals surface area contributed by atoms with Crippen LogP contribution in [0.2, 0.25) is 0 Å². The minimum atomic E-state index is -0.587. The van der Waals surface area contributed by atoms with E-state index in [1.165, 1.54) is 19.2 Å². The molecule has 0 fully saturated rings. The number of carbonyl (C=O) groups is 1. The summed E-state index contributed by atoms with van der Waals surface area (Å²) in [5.74, 6) is -0.587. The third kappa shape index (κ3) is 2.74. The Bertz CT molecular complexity index is 907. The standard InChI is InChI=1S/C17H12N2O4/c1-23-17(20)16-10-14(11-5-3-2-4-6-11)13-8-7-12(19(21)22)9-15(13)18-16/h2-10H,1H3. The first-order chi connectivity index (χ1) is 11.1. The number of nitro groups is 1. The van der Waals surface area contributed by atoms with E-state index < -0.39 is 10.9 Å². The molecular weight excluding hydrogens is 296 g/mol. The zero-order chi connectivity index (χ0) is 16.4. The third-order valence-electron chi connectivity index (χ3n) is 3.48. The van der Waals surface area contributed by atoms with Gasteiger partial charge >= 0.3 is 5.97 Å². The molecule has 2 aromatic carbocycles. The maximum absolute atomic E-state index is 11.8. The van der Waals surface area contributed by atoms with Gasteiger partial charge in [-0.25, -0.2) is 9.78 Å². The molecule has 114 valence electrons. The lowest BCUT2D eigenvalue weighted by Crippen LogP contribution is -2.05. The number of non-ortho nitro benzene ring substituents is 1. The van der Waals surface area contributed by atoms with Crippen LogP contribution in [0, 0.1) is 10.1 Å². The van der Waals surface area contributed by atoms with Gasteiger partial charge in [-0.1, -0.05) is 30.3 Å². The van der Waals surface area contributed by atoms with Gasteiger partial charge in [0.05, 0.1) is 17.5 Å². The molecule has 6 nitrogen and oxygen atoms in total. The van der Waals surface area contributed by atoms with Crippen molar-refractivity contribution in [3.05, 3.63) is 70.4 Å². The molecule has 0 amide bonds. The van der Waals surface area contributed by atoms with E-state index in [1.807, 2.05) is 30.3 Å². The number of pyridine rings is 1. The van der Waals surface area contributed by atoms with E-state index >= 15 is 0 Å². The maximum Gasteiger partial charge on any atom is 0.356 e. The van der Waals surface area contributed by atoms with Gasteiger partial charge in [-0.15, -0.1) is 0 Å². The Kier molecular flexibility index (Phi) is 3.72. The third-order valence-corrected chi connectivity index (χ3v) is 3.48. The van der Waals surface area contributed by atoms with E-state index in [0.717, 1.165) is 16.5 Å². The molecule has 23 heavy (non-hydrogen) atoms. The Morgan fingerprint density at radius 3 is 2.52 bits per heavy atom. The SMILES string of the molecule is COC(=O)c1cc(-c2ccccc2)c2ccc([N+](=O)[O-])cc2n1. The van der Waals surface area contributed by atoms with Crippen LogP contribution in [0.1, 0.15) is 10.5 Å². The van der Waals surface area contributed by atoms with E-state index in [2.05, 4.69) is 4.98 Å². The first kappa shape index (κ1) is 14.6. The average molecular weight is 308 g/mol. The molecule has 0 unspecified atom stereocenters. The summed E-state index contributed by atoms with van der Waals surface area (Å²) in [5, 5.41) is 11.7. The highest BCUT2D eigenvalue weighted by Crippen LogP contribution is 2.30. The van der Waals surface area contributed by atoms with E-state index in [-0.39, 0.29) is 11.4 Å². The van der Waals surface area contributed by atoms with Gasteiger partial charge in [-0.05, 0) is 23.3 Å². The summed E-state index contributed by atoms with van der Waals surface area (Å²) in [6, 6.07) is 15.5. The van der Waals surface area contributed by atoms with Crippen molar-refractivity contribution in [1.82, 2.24) is 4.98 Å². The minimum absolute atomic E-state index is 0.0778. The molecule has 3 rings (SSSR count). The van der Waals surface area contributed by atoms with Crippen LogP contribution in [-0.2, 0) is 4.74 Å². The number of hydrogen-bond donors (Lipinski definition) is 0. The molecule has 0 atom stereocenters. The molecule has 0 radical (unpaired) electrons. The molecule has 3 aromatic rings. The molecular formula is C17H12N2O4. The monoisotopic (exact) mass is 308 g/mol. The Morgan fingerprint density at radius 2 is 1.87 bits per heavy atom. The van der Waals surface area contributed by atoms with Gasteiger partial charge in [0.15, 0.2) is 0 Å². The first-order valence-electron chi connectivity index (χ1n) is 6.83. The van der Waals surface area contributed by atoms with Crippen LogP contribution in [0.15, 0.2) is 54.6 Å². The van der Waals surface area contributed by atoms with Crippen LogP contribution >= 0.6 is 0 Å². The summed E-state index contributed by atoms with van der Waals surface area (Å²) in [6.45, 7) is 0. The summed E-state index contributed by atoms with van der Waals surface area (Å²) in [7, 11) is 1.27. The van der Waals surface area contributed by atoms with Crippen LogP contribution in [-0.4, -0.2) is 23.0 Å². The molecule has 6 heteroatoms. The summed E-state index contributed by atoms with van der Waals surface area (Å²) in [4.78, 5) is 26.5. The largest absolute Gasteiger partial charge is 0.464 e. The fourth-order valence-electron chi connectivity index (χ4n) is 2.40. The number of nitro benzene ring substituents is 1. The number of nitrogens with zero attached hydrogens (tertiary/aromatic N) is 2. The fourth-order valence-corrected chi connectivity index (χ4v) is 2.40. The molecule has 0 aliphatic heterocycles. The second kappa shape index (κ2) is 5.84. The second-order valence-corrected chi connectivity index (χ2v) is 4.87. The van der Waals surface area contributed by atoms with Crippen LogP contribution in [0.25, 0.3) is 22.0 Å². The number of methoxy groups -OCH3 is 1. The van der Waals surface area contributed by atoms with E-state index in [4.69, 9.17) is 4.74 Å². The number of carbonyl (C=O) groups excluding carboxylic acids is 1. The lowest BCUT2D eigenvalue weighted by molar-refractivity contribution is -0.384. The number of rotatable bonds is 3. The van der Waals surface area contributed by atoms with Crippen LogP contribution in [0.4, 0.5) is 5.69 Å². The van der Waals surface area contributed by atoms with E-state index in [0.29, 0.717) is 5.52 Å². The summed E-state index contributed by atoms with van der Waals surface area (Å²) >= 11 is 0.